The molecular weight excluding hydrogens is 274 g/mol. The number of para-hydroxylation sites is 1. The van der Waals surface area contributed by atoms with Crippen molar-refractivity contribution in [2.45, 2.75) is 26.2 Å². The second-order valence-corrected chi connectivity index (χ2v) is 5.41. The van der Waals surface area contributed by atoms with Gasteiger partial charge in [0.25, 0.3) is 0 Å². The Kier molecular flexibility index (Phi) is 6.01. The molecule has 0 aliphatic heterocycles. The van der Waals surface area contributed by atoms with Gasteiger partial charge in [0.05, 0.1) is 0 Å². The summed E-state index contributed by atoms with van der Waals surface area (Å²) in [5.41, 5.74) is 3.19. The van der Waals surface area contributed by atoms with Crippen molar-refractivity contribution in [1.82, 2.24) is 0 Å². The Bertz CT molecular complexity index is 595. The number of unbranched alkanes of at least 4 members (excludes halogenated alkanes) is 2. The van der Waals surface area contributed by atoms with E-state index < -0.39 is 5.97 Å². The average molecular weight is 297 g/mol. The molecular formula is C19H23NO2. The molecule has 0 bridgehead atoms. The molecule has 2 aromatic rings. The fraction of sp³-hybridized carbons (Fsp3) is 0.316. The largest absolute Gasteiger partial charge is 0.480 e. The number of hydrogen-bond donors (Lipinski definition) is 1. The molecule has 0 atom stereocenters. The van der Waals surface area contributed by atoms with Gasteiger partial charge in [-0.2, -0.15) is 0 Å². The Morgan fingerprint density at radius 1 is 1.00 bits per heavy atom. The molecule has 3 heteroatoms. The summed E-state index contributed by atoms with van der Waals surface area (Å²) in [5.74, 6) is -0.792. The monoisotopic (exact) mass is 297 g/mol. The predicted octanol–water partition coefficient (Wildman–Crippen LogP) is 4.43. The van der Waals surface area contributed by atoms with Gasteiger partial charge in [0.15, 0.2) is 0 Å². The Morgan fingerprint density at radius 2 is 1.68 bits per heavy atom. The number of carboxylic acid groups (broad SMARTS) is 1. The molecule has 116 valence electrons. The predicted molar refractivity (Wildman–Crippen MR) is 91.3 cm³/mol. The maximum absolute atomic E-state index is 11.2. The first-order valence-corrected chi connectivity index (χ1v) is 7.83. The van der Waals surface area contributed by atoms with Crippen LogP contribution in [0.15, 0.2) is 54.6 Å². The minimum Gasteiger partial charge on any atom is -0.480 e. The highest BCUT2D eigenvalue weighted by molar-refractivity contribution is 5.82. The molecule has 22 heavy (non-hydrogen) atoms. The summed E-state index contributed by atoms with van der Waals surface area (Å²) in [7, 11) is 0. The van der Waals surface area contributed by atoms with E-state index in [1.54, 1.807) is 0 Å². The number of nitrogens with zero attached hydrogens (tertiary/aromatic N) is 1. The van der Waals surface area contributed by atoms with E-state index in [1.807, 2.05) is 41.3 Å². The number of hydrogen-bond acceptors (Lipinski definition) is 2. The van der Waals surface area contributed by atoms with Crippen molar-refractivity contribution in [3.8, 4) is 11.1 Å². The molecule has 0 aromatic heterocycles. The number of carboxylic acids is 1. The summed E-state index contributed by atoms with van der Waals surface area (Å²) < 4.78 is 0. The van der Waals surface area contributed by atoms with Gasteiger partial charge in [-0.25, -0.2) is 0 Å². The SMILES string of the molecule is CCCCCN(CC(=O)O)c1ccccc1-c1ccccc1. The van der Waals surface area contributed by atoms with Crippen LogP contribution in [-0.2, 0) is 4.79 Å². The van der Waals surface area contributed by atoms with E-state index in [9.17, 15) is 9.90 Å². The van der Waals surface area contributed by atoms with Crippen molar-refractivity contribution < 1.29 is 9.90 Å². The van der Waals surface area contributed by atoms with Crippen molar-refractivity contribution in [2.75, 3.05) is 18.0 Å². The Morgan fingerprint density at radius 3 is 2.36 bits per heavy atom. The van der Waals surface area contributed by atoms with Gasteiger partial charge in [0.2, 0.25) is 0 Å². The first-order chi connectivity index (χ1) is 10.7. The van der Waals surface area contributed by atoms with E-state index in [0.29, 0.717) is 0 Å². The van der Waals surface area contributed by atoms with Crippen LogP contribution >= 0.6 is 0 Å². The van der Waals surface area contributed by atoms with Crippen LogP contribution in [-0.4, -0.2) is 24.2 Å². The Hall–Kier alpha value is -2.29. The summed E-state index contributed by atoms with van der Waals surface area (Å²) in [5, 5.41) is 9.22. The fourth-order valence-electron chi connectivity index (χ4n) is 2.61. The van der Waals surface area contributed by atoms with E-state index in [-0.39, 0.29) is 6.54 Å². The van der Waals surface area contributed by atoms with Crippen LogP contribution in [0.4, 0.5) is 5.69 Å². The second kappa shape index (κ2) is 8.23. The van der Waals surface area contributed by atoms with Gasteiger partial charge in [-0.1, -0.05) is 68.3 Å². The summed E-state index contributed by atoms with van der Waals surface area (Å²) in [4.78, 5) is 13.2. The van der Waals surface area contributed by atoms with E-state index in [4.69, 9.17) is 0 Å². The van der Waals surface area contributed by atoms with Gasteiger partial charge in [0.1, 0.15) is 6.54 Å². The molecule has 0 fully saturated rings. The zero-order valence-electron chi connectivity index (χ0n) is 13.0. The van der Waals surface area contributed by atoms with Gasteiger partial charge in [-0.05, 0) is 18.1 Å². The molecule has 3 nitrogen and oxygen atoms in total. The highest BCUT2D eigenvalue weighted by atomic mass is 16.4. The lowest BCUT2D eigenvalue weighted by atomic mass is 10.0. The quantitative estimate of drug-likeness (QED) is 0.732. The molecule has 0 saturated heterocycles. The van der Waals surface area contributed by atoms with Gasteiger partial charge in [-0.15, -0.1) is 0 Å². The number of rotatable bonds is 8. The molecule has 2 aromatic carbocycles. The number of carbonyl (C=O) groups is 1. The third-order valence-corrected chi connectivity index (χ3v) is 3.69. The standard InChI is InChI=1S/C19H23NO2/c1-2-3-9-14-20(15-19(21)22)18-13-8-7-12-17(18)16-10-5-4-6-11-16/h4-8,10-13H,2-3,9,14-15H2,1H3,(H,21,22). The first kappa shape index (κ1) is 16.1. The zero-order valence-corrected chi connectivity index (χ0v) is 13.0. The van der Waals surface area contributed by atoms with Crippen molar-refractivity contribution >= 4 is 11.7 Å². The van der Waals surface area contributed by atoms with E-state index in [0.717, 1.165) is 42.6 Å². The fourth-order valence-corrected chi connectivity index (χ4v) is 2.61. The van der Waals surface area contributed by atoms with Crippen LogP contribution in [0.1, 0.15) is 26.2 Å². The lowest BCUT2D eigenvalue weighted by Crippen LogP contribution is -2.31. The third-order valence-electron chi connectivity index (χ3n) is 3.69. The highest BCUT2D eigenvalue weighted by Crippen LogP contribution is 2.30. The zero-order chi connectivity index (χ0) is 15.8. The molecule has 0 aliphatic rings. The topological polar surface area (TPSA) is 40.5 Å². The van der Waals surface area contributed by atoms with Crippen molar-refractivity contribution in [1.29, 1.82) is 0 Å². The minimum atomic E-state index is -0.792. The van der Waals surface area contributed by atoms with Gasteiger partial charge in [0, 0.05) is 17.8 Å². The summed E-state index contributed by atoms with van der Waals surface area (Å²) >= 11 is 0. The number of aliphatic carboxylic acids is 1. The maximum atomic E-state index is 11.2. The highest BCUT2D eigenvalue weighted by Gasteiger charge is 2.14. The molecule has 0 saturated carbocycles. The van der Waals surface area contributed by atoms with Crippen molar-refractivity contribution in [3.05, 3.63) is 54.6 Å². The van der Waals surface area contributed by atoms with Gasteiger partial charge in [-0.3, -0.25) is 4.79 Å². The second-order valence-electron chi connectivity index (χ2n) is 5.41. The van der Waals surface area contributed by atoms with Crippen LogP contribution in [0.3, 0.4) is 0 Å². The van der Waals surface area contributed by atoms with Crippen LogP contribution in [0, 0.1) is 0 Å². The van der Waals surface area contributed by atoms with Crippen molar-refractivity contribution in [3.63, 3.8) is 0 Å². The van der Waals surface area contributed by atoms with E-state index in [1.165, 1.54) is 0 Å². The van der Waals surface area contributed by atoms with Gasteiger partial charge < -0.3 is 10.0 Å². The Labute approximate surface area is 132 Å². The lowest BCUT2D eigenvalue weighted by molar-refractivity contribution is -0.135. The first-order valence-electron chi connectivity index (χ1n) is 7.83. The summed E-state index contributed by atoms with van der Waals surface area (Å²) in [6.45, 7) is 2.96. The molecule has 0 aliphatic carbocycles. The molecule has 0 unspecified atom stereocenters. The normalized spacial score (nSPS) is 10.4. The summed E-state index contributed by atoms with van der Waals surface area (Å²) in [6.07, 6.45) is 3.25. The molecule has 1 N–H and O–H groups in total. The summed E-state index contributed by atoms with van der Waals surface area (Å²) in [6, 6.07) is 18.1. The number of benzene rings is 2. The smallest absolute Gasteiger partial charge is 0.323 e. The van der Waals surface area contributed by atoms with Crippen LogP contribution in [0.2, 0.25) is 0 Å². The lowest BCUT2D eigenvalue weighted by Gasteiger charge is -2.25. The third kappa shape index (κ3) is 4.35. The number of anilines is 1. The van der Waals surface area contributed by atoms with Crippen LogP contribution in [0.25, 0.3) is 11.1 Å². The minimum absolute atomic E-state index is 0.0353. The maximum Gasteiger partial charge on any atom is 0.323 e. The molecule has 0 radical (unpaired) electrons. The van der Waals surface area contributed by atoms with Crippen molar-refractivity contribution in [2.24, 2.45) is 0 Å². The average Bonchev–Trinajstić information content (AvgIpc) is 2.55. The van der Waals surface area contributed by atoms with Crippen LogP contribution < -0.4 is 4.90 Å². The van der Waals surface area contributed by atoms with Crippen LogP contribution in [0.5, 0.6) is 0 Å². The Balaban J connectivity index is 2.32. The molecule has 0 amide bonds. The van der Waals surface area contributed by atoms with E-state index >= 15 is 0 Å². The molecule has 2 rings (SSSR count). The van der Waals surface area contributed by atoms with Gasteiger partial charge >= 0.3 is 5.97 Å². The molecule has 0 heterocycles. The molecule has 0 spiro atoms. The van der Waals surface area contributed by atoms with E-state index in [2.05, 4.69) is 25.1 Å².